The minimum Gasteiger partial charge on any atom is -0.506 e. The monoisotopic (exact) mass is 516 g/mol. The van der Waals surface area contributed by atoms with Crippen molar-refractivity contribution in [2.75, 3.05) is 26.3 Å². The van der Waals surface area contributed by atoms with E-state index in [2.05, 4.69) is 36.9 Å². The van der Waals surface area contributed by atoms with Gasteiger partial charge in [-0.3, -0.25) is 4.99 Å². The van der Waals surface area contributed by atoms with Gasteiger partial charge in [-0.2, -0.15) is 4.31 Å². The SMILES string of the molecule is Cc1ccc(N=Cc2cc(Br)c(O)c(Br)c2)cc1S(=O)(=O)N1CCOCC1. The van der Waals surface area contributed by atoms with Gasteiger partial charge in [0.2, 0.25) is 10.0 Å². The number of benzene rings is 2. The molecule has 1 aliphatic rings. The van der Waals surface area contributed by atoms with E-state index >= 15 is 0 Å². The van der Waals surface area contributed by atoms with Gasteiger partial charge in [0.15, 0.2) is 0 Å². The fourth-order valence-electron chi connectivity index (χ4n) is 2.68. The number of hydrogen-bond acceptors (Lipinski definition) is 5. The third-order valence-corrected chi connectivity index (χ3v) is 7.41. The number of aliphatic imine (C=N–C) groups is 1. The summed E-state index contributed by atoms with van der Waals surface area (Å²) in [6.45, 7) is 3.28. The van der Waals surface area contributed by atoms with Crippen molar-refractivity contribution in [3.05, 3.63) is 50.4 Å². The van der Waals surface area contributed by atoms with Crippen LogP contribution in [0.1, 0.15) is 11.1 Å². The molecule has 0 bridgehead atoms. The van der Waals surface area contributed by atoms with Crippen LogP contribution in [0.15, 0.2) is 49.2 Å². The van der Waals surface area contributed by atoms with Crippen molar-refractivity contribution < 1.29 is 18.3 Å². The van der Waals surface area contributed by atoms with Gasteiger partial charge in [-0.25, -0.2) is 8.42 Å². The highest BCUT2D eigenvalue weighted by Gasteiger charge is 2.27. The van der Waals surface area contributed by atoms with E-state index in [0.717, 1.165) is 5.56 Å². The van der Waals surface area contributed by atoms with Crippen molar-refractivity contribution in [3.8, 4) is 5.75 Å². The van der Waals surface area contributed by atoms with Crippen molar-refractivity contribution in [2.45, 2.75) is 11.8 Å². The molecule has 27 heavy (non-hydrogen) atoms. The first-order valence-electron chi connectivity index (χ1n) is 8.19. The molecular formula is C18H18Br2N2O4S. The van der Waals surface area contributed by atoms with Crippen LogP contribution in [0.4, 0.5) is 5.69 Å². The normalized spacial score (nSPS) is 16.1. The molecule has 9 heteroatoms. The molecule has 1 fully saturated rings. The predicted octanol–water partition coefficient (Wildman–Crippen LogP) is 4.00. The number of phenols is 1. The van der Waals surface area contributed by atoms with Gasteiger partial charge in [0.1, 0.15) is 5.75 Å². The van der Waals surface area contributed by atoms with E-state index in [1.165, 1.54) is 4.31 Å². The zero-order chi connectivity index (χ0) is 19.6. The van der Waals surface area contributed by atoms with Crippen molar-refractivity contribution >= 4 is 53.8 Å². The zero-order valence-corrected chi connectivity index (χ0v) is 18.5. The molecule has 1 aliphatic heterocycles. The number of phenolic OH excluding ortho intramolecular Hbond substituents is 1. The maximum absolute atomic E-state index is 12.9. The van der Waals surface area contributed by atoms with Gasteiger partial charge in [-0.05, 0) is 74.2 Å². The van der Waals surface area contributed by atoms with E-state index in [9.17, 15) is 13.5 Å². The Morgan fingerprint density at radius 1 is 1.15 bits per heavy atom. The van der Waals surface area contributed by atoms with Crippen molar-refractivity contribution in [3.63, 3.8) is 0 Å². The summed E-state index contributed by atoms with van der Waals surface area (Å²) >= 11 is 6.56. The van der Waals surface area contributed by atoms with Crippen LogP contribution in [0, 0.1) is 6.92 Å². The Morgan fingerprint density at radius 3 is 2.41 bits per heavy atom. The molecule has 0 saturated carbocycles. The van der Waals surface area contributed by atoms with Gasteiger partial charge in [-0.1, -0.05) is 6.07 Å². The maximum Gasteiger partial charge on any atom is 0.243 e. The molecule has 2 aromatic rings. The molecule has 1 heterocycles. The number of rotatable bonds is 4. The standard InChI is InChI=1S/C18H18Br2N2O4S/c1-12-2-3-14(21-11-13-8-15(19)18(23)16(20)9-13)10-17(12)27(24,25)22-4-6-26-7-5-22/h2-3,8-11,23H,4-7H2,1H3. The molecule has 0 atom stereocenters. The highest BCUT2D eigenvalue weighted by molar-refractivity contribution is 9.11. The summed E-state index contributed by atoms with van der Waals surface area (Å²) in [4.78, 5) is 4.65. The van der Waals surface area contributed by atoms with Crippen LogP contribution in [0.25, 0.3) is 0 Å². The molecule has 1 saturated heterocycles. The van der Waals surface area contributed by atoms with Gasteiger partial charge < -0.3 is 9.84 Å². The van der Waals surface area contributed by atoms with Crippen LogP contribution < -0.4 is 0 Å². The van der Waals surface area contributed by atoms with Crippen LogP contribution in [-0.4, -0.2) is 50.3 Å². The number of sulfonamides is 1. The van der Waals surface area contributed by atoms with E-state index in [-0.39, 0.29) is 10.6 Å². The Labute approximate surface area is 175 Å². The molecule has 0 radical (unpaired) electrons. The lowest BCUT2D eigenvalue weighted by Crippen LogP contribution is -2.40. The summed E-state index contributed by atoms with van der Waals surface area (Å²) in [5, 5.41) is 9.78. The minimum atomic E-state index is -3.59. The Bertz CT molecular complexity index is 964. The average molecular weight is 518 g/mol. The van der Waals surface area contributed by atoms with Crippen molar-refractivity contribution in [1.82, 2.24) is 4.31 Å². The summed E-state index contributed by atoms with van der Waals surface area (Å²) in [5.74, 6) is 0.112. The van der Waals surface area contributed by atoms with Crippen LogP contribution >= 0.6 is 31.9 Å². The van der Waals surface area contributed by atoms with Gasteiger partial charge in [-0.15, -0.1) is 0 Å². The molecule has 6 nitrogen and oxygen atoms in total. The molecule has 3 rings (SSSR count). The topological polar surface area (TPSA) is 79.2 Å². The lowest BCUT2D eigenvalue weighted by Gasteiger charge is -2.26. The predicted molar refractivity (Wildman–Crippen MR) is 112 cm³/mol. The number of hydrogen-bond donors (Lipinski definition) is 1. The minimum absolute atomic E-state index is 0.112. The zero-order valence-electron chi connectivity index (χ0n) is 14.5. The number of aromatic hydroxyl groups is 1. The number of halogens is 2. The Kier molecular flexibility index (Phi) is 6.37. The Morgan fingerprint density at radius 2 is 1.78 bits per heavy atom. The highest BCUT2D eigenvalue weighted by Crippen LogP contribution is 2.33. The van der Waals surface area contributed by atoms with Gasteiger partial charge in [0.25, 0.3) is 0 Å². The second kappa shape index (κ2) is 8.40. The number of morpholine rings is 1. The summed E-state index contributed by atoms with van der Waals surface area (Å²) in [6, 6.07) is 8.56. The fraction of sp³-hybridized carbons (Fsp3) is 0.278. The highest BCUT2D eigenvalue weighted by atomic mass is 79.9. The molecule has 1 N–H and O–H groups in total. The molecular weight excluding hydrogens is 500 g/mol. The third-order valence-electron chi connectivity index (χ3n) is 4.16. The van der Waals surface area contributed by atoms with E-state index in [0.29, 0.717) is 46.5 Å². The van der Waals surface area contributed by atoms with Crippen LogP contribution in [0.3, 0.4) is 0 Å². The first-order chi connectivity index (χ1) is 12.8. The number of ether oxygens (including phenoxy) is 1. The van der Waals surface area contributed by atoms with Crippen molar-refractivity contribution in [2.24, 2.45) is 4.99 Å². The largest absolute Gasteiger partial charge is 0.506 e. The number of nitrogens with zero attached hydrogens (tertiary/aromatic N) is 2. The lowest BCUT2D eigenvalue weighted by atomic mass is 10.2. The first kappa shape index (κ1) is 20.5. The van der Waals surface area contributed by atoms with Gasteiger partial charge in [0.05, 0.1) is 32.7 Å². The second-order valence-electron chi connectivity index (χ2n) is 6.06. The smallest absolute Gasteiger partial charge is 0.243 e. The van der Waals surface area contributed by atoms with Gasteiger partial charge in [0, 0.05) is 19.3 Å². The van der Waals surface area contributed by atoms with E-state index in [4.69, 9.17) is 4.74 Å². The fourth-order valence-corrected chi connectivity index (χ4v) is 5.56. The first-order valence-corrected chi connectivity index (χ1v) is 11.2. The molecule has 0 unspecified atom stereocenters. The molecule has 0 aromatic heterocycles. The van der Waals surface area contributed by atoms with Crippen LogP contribution in [-0.2, 0) is 14.8 Å². The second-order valence-corrected chi connectivity index (χ2v) is 9.67. The van der Waals surface area contributed by atoms with E-state index in [1.807, 2.05) is 0 Å². The maximum atomic E-state index is 12.9. The summed E-state index contributed by atoms with van der Waals surface area (Å²) in [5.41, 5.74) is 1.97. The number of aryl methyl sites for hydroxylation is 1. The Balaban J connectivity index is 1.91. The van der Waals surface area contributed by atoms with Crippen LogP contribution in [0.5, 0.6) is 5.75 Å². The third kappa shape index (κ3) is 4.60. The van der Waals surface area contributed by atoms with E-state index < -0.39 is 10.0 Å². The molecule has 0 amide bonds. The summed E-state index contributed by atoms with van der Waals surface area (Å²) < 4.78 is 33.6. The molecule has 2 aromatic carbocycles. The molecule has 144 valence electrons. The summed E-state index contributed by atoms with van der Waals surface area (Å²) in [6.07, 6.45) is 1.62. The van der Waals surface area contributed by atoms with Gasteiger partial charge >= 0.3 is 0 Å². The molecule has 0 spiro atoms. The average Bonchev–Trinajstić information content (AvgIpc) is 2.66. The lowest BCUT2D eigenvalue weighted by molar-refractivity contribution is 0.0730. The quantitative estimate of drug-likeness (QED) is 0.622. The molecule has 0 aliphatic carbocycles. The van der Waals surface area contributed by atoms with E-state index in [1.54, 1.807) is 43.5 Å². The summed E-state index contributed by atoms with van der Waals surface area (Å²) in [7, 11) is -3.59. The Hall–Kier alpha value is -1.26. The van der Waals surface area contributed by atoms with Crippen molar-refractivity contribution in [1.29, 1.82) is 0 Å². The van der Waals surface area contributed by atoms with Crippen LogP contribution in [0.2, 0.25) is 0 Å².